The van der Waals surface area contributed by atoms with Crippen molar-refractivity contribution in [3.05, 3.63) is 0 Å². The number of hydrogen-bond donors (Lipinski definition) is 1. The van der Waals surface area contributed by atoms with Gasteiger partial charge in [0.2, 0.25) is 0 Å². The topological polar surface area (TPSA) is 52.3 Å². The molecule has 114 valence electrons. The molecular weight excluding hydrogens is 238 g/mol. The monoisotopic (exact) mass is 271 g/mol. The van der Waals surface area contributed by atoms with Gasteiger partial charge in [-0.1, -0.05) is 71.1 Å². The van der Waals surface area contributed by atoms with Gasteiger partial charge in [-0.05, 0) is 12.8 Å². The van der Waals surface area contributed by atoms with Crippen LogP contribution in [0.15, 0.2) is 0 Å². The lowest BCUT2D eigenvalue weighted by Gasteiger charge is -2.10. The smallest absolute Gasteiger partial charge is 0.304 e. The molecule has 0 spiro atoms. The van der Waals surface area contributed by atoms with Crippen LogP contribution in [0.25, 0.3) is 0 Å². The molecule has 1 atom stereocenters. The van der Waals surface area contributed by atoms with Crippen molar-refractivity contribution in [1.82, 2.24) is 0 Å². The number of unbranched alkanes of at least 4 members (excludes halogenated alkanes) is 10. The van der Waals surface area contributed by atoms with Crippen LogP contribution >= 0.6 is 0 Å². The summed E-state index contributed by atoms with van der Waals surface area (Å²) >= 11 is 0. The first-order chi connectivity index (χ1) is 9.16. The van der Waals surface area contributed by atoms with E-state index in [0.29, 0.717) is 0 Å². The van der Waals surface area contributed by atoms with Gasteiger partial charge in [0.25, 0.3) is 0 Å². The molecule has 3 heteroatoms. The predicted molar refractivity (Wildman–Crippen MR) is 80.8 cm³/mol. The summed E-state index contributed by atoms with van der Waals surface area (Å²) in [7, 11) is 0. The van der Waals surface area contributed by atoms with Crippen LogP contribution in [0.2, 0.25) is 0 Å². The molecule has 0 fully saturated rings. The van der Waals surface area contributed by atoms with Crippen molar-refractivity contribution in [2.45, 2.75) is 97.1 Å². The predicted octanol–water partition coefficient (Wildman–Crippen LogP) is 4.54. The number of hydrogen-bond acceptors (Lipinski definition) is 3. The van der Waals surface area contributed by atoms with E-state index in [2.05, 4.69) is 6.92 Å². The Morgan fingerprint density at radius 1 is 0.895 bits per heavy atom. The third kappa shape index (κ3) is 15.4. The molecule has 0 aromatic heterocycles. The molecule has 0 radical (unpaired) electrons. The van der Waals surface area contributed by atoms with Gasteiger partial charge in [-0.3, -0.25) is 10.5 Å². The number of esters is 1. The number of carbonyl (C=O) groups is 1. The average Bonchev–Trinajstić information content (AvgIpc) is 2.35. The molecule has 0 aliphatic heterocycles. The standard InChI is InChI=1S/C16H33NO2/c1-3-4-5-6-7-8-9-10-11-12-13-14-16(17)19-15(2)18/h16H,3-14,17H2,1-2H3. The number of ether oxygens (including phenoxy) is 1. The van der Waals surface area contributed by atoms with Gasteiger partial charge in [-0.2, -0.15) is 0 Å². The van der Waals surface area contributed by atoms with E-state index >= 15 is 0 Å². The summed E-state index contributed by atoms with van der Waals surface area (Å²) in [6.07, 6.45) is 14.9. The van der Waals surface area contributed by atoms with Gasteiger partial charge in [-0.25, -0.2) is 0 Å². The molecule has 0 rings (SSSR count). The highest BCUT2D eigenvalue weighted by Crippen LogP contribution is 2.12. The van der Waals surface area contributed by atoms with Crippen molar-refractivity contribution in [3.63, 3.8) is 0 Å². The second-order valence-corrected chi connectivity index (χ2v) is 5.47. The number of rotatable bonds is 13. The Bertz CT molecular complexity index is 207. The highest BCUT2D eigenvalue weighted by molar-refractivity contribution is 5.66. The zero-order valence-corrected chi connectivity index (χ0v) is 13.0. The SMILES string of the molecule is CCCCCCCCCCCCCC(N)OC(C)=O. The minimum absolute atomic E-state index is 0.282. The molecule has 3 nitrogen and oxygen atoms in total. The maximum Gasteiger partial charge on any atom is 0.304 e. The maximum atomic E-state index is 10.7. The summed E-state index contributed by atoms with van der Waals surface area (Å²) in [5.41, 5.74) is 5.65. The summed E-state index contributed by atoms with van der Waals surface area (Å²) in [4.78, 5) is 10.7. The van der Waals surface area contributed by atoms with E-state index in [4.69, 9.17) is 10.5 Å². The number of carbonyl (C=O) groups excluding carboxylic acids is 1. The first-order valence-electron chi connectivity index (χ1n) is 8.09. The molecule has 0 aliphatic carbocycles. The number of nitrogens with two attached hydrogens (primary N) is 1. The van der Waals surface area contributed by atoms with Crippen LogP contribution in [-0.4, -0.2) is 12.2 Å². The third-order valence-corrected chi connectivity index (χ3v) is 3.41. The lowest BCUT2D eigenvalue weighted by molar-refractivity contribution is -0.146. The molecule has 0 aromatic rings. The van der Waals surface area contributed by atoms with Crippen LogP contribution in [0.1, 0.15) is 90.9 Å². The molecule has 0 bridgehead atoms. The van der Waals surface area contributed by atoms with E-state index in [-0.39, 0.29) is 5.97 Å². The van der Waals surface area contributed by atoms with E-state index in [1.807, 2.05) is 0 Å². The van der Waals surface area contributed by atoms with Crippen molar-refractivity contribution in [3.8, 4) is 0 Å². The van der Waals surface area contributed by atoms with Gasteiger partial charge >= 0.3 is 5.97 Å². The molecule has 0 saturated heterocycles. The van der Waals surface area contributed by atoms with Crippen LogP contribution in [-0.2, 0) is 9.53 Å². The highest BCUT2D eigenvalue weighted by Gasteiger charge is 2.04. The van der Waals surface area contributed by atoms with Gasteiger partial charge in [0.1, 0.15) is 0 Å². The van der Waals surface area contributed by atoms with Crippen LogP contribution in [0.4, 0.5) is 0 Å². The summed E-state index contributed by atoms with van der Waals surface area (Å²) in [5.74, 6) is -0.282. The van der Waals surface area contributed by atoms with E-state index in [1.54, 1.807) is 0 Å². The third-order valence-electron chi connectivity index (χ3n) is 3.41. The molecular formula is C16H33NO2. The molecule has 0 saturated carbocycles. The van der Waals surface area contributed by atoms with Crippen molar-refractivity contribution < 1.29 is 9.53 Å². The first-order valence-corrected chi connectivity index (χ1v) is 8.09. The molecule has 0 amide bonds. The van der Waals surface area contributed by atoms with Gasteiger partial charge in [0.15, 0.2) is 6.23 Å². The van der Waals surface area contributed by atoms with Gasteiger partial charge in [-0.15, -0.1) is 0 Å². The van der Waals surface area contributed by atoms with Gasteiger partial charge in [0.05, 0.1) is 0 Å². The lowest BCUT2D eigenvalue weighted by atomic mass is 10.1. The molecule has 19 heavy (non-hydrogen) atoms. The van der Waals surface area contributed by atoms with Crippen LogP contribution in [0.3, 0.4) is 0 Å². The Kier molecular flexibility index (Phi) is 13.4. The normalized spacial score (nSPS) is 12.4. The fourth-order valence-electron chi connectivity index (χ4n) is 2.28. The van der Waals surface area contributed by atoms with Crippen LogP contribution < -0.4 is 5.73 Å². The molecule has 0 aliphatic rings. The van der Waals surface area contributed by atoms with E-state index in [0.717, 1.165) is 12.8 Å². The van der Waals surface area contributed by atoms with E-state index in [1.165, 1.54) is 71.1 Å². The summed E-state index contributed by atoms with van der Waals surface area (Å²) in [6.45, 7) is 3.66. The zero-order chi connectivity index (χ0) is 14.3. The largest absolute Gasteiger partial charge is 0.447 e. The van der Waals surface area contributed by atoms with Crippen molar-refractivity contribution in [1.29, 1.82) is 0 Å². The van der Waals surface area contributed by atoms with Crippen LogP contribution in [0, 0.1) is 0 Å². The summed E-state index contributed by atoms with van der Waals surface area (Å²) < 4.78 is 4.88. The fourth-order valence-corrected chi connectivity index (χ4v) is 2.28. The van der Waals surface area contributed by atoms with Gasteiger partial charge in [0, 0.05) is 6.92 Å². The van der Waals surface area contributed by atoms with Crippen molar-refractivity contribution >= 4 is 5.97 Å². The van der Waals surface area contributed by atoms with Gasteiger partial charge < -0.3 is 4.74 Å². The Labute approximate surface area is 119 Å². The Morgan fingerprint density at radius 2 is 1.32 bits per heavy atom. The summed E-state index contributed by atoms with van der Waals surface area (Å²) in [5, 5.41) is 0. The molecule has 0 aromatic carbocycles. The Hall–Kier alpha value is -0.570. The zero-order valence-electron chi connectivity index (χ0n) is 13.0. The molecule has 2 N–H and O–H groups in total. The molecule has 1 unspecified atom stereocenters. The highest BCUT2D eigenvalue weighted by atomic mass is 16.5. The Balaban J connectivity index is 3.08. The average molecular weight is 271 g/mol. The van der Waals surface area contributed by atoms with E-state index in [9.17, 15) is 4.79 Å². The first kappa shape index (κ1) is 18.4. The minimum atomic E-state index is -0.406. The minimum Gasteiger partial charge on any atom is -0.447 e. The second kappa shape index (κ2) is 13.9. The van der Waals surface area contributed by atoms with Crippen LogP contribution in [0.5, 0.6) is 0 Å². The lowest BCUT2D eigenvalue weighted by Crippen LogP contribution is -2.25. The summed E-state index contributed by atoms with van der Waals surface area (Å²) in [6, 6.07) is 0. The van der Waals surface area contributed by atoms with Crippen molar-refractivity contribution in [2.24, 2.45) is 5.73 Å². The fraction of sp³-hybridized carbons (Fsp3) is 0.938. The maximum absolute atomic E-state index is 10.7. The van der Waals surface area contributed by atoms with Crippen molar-refractivity contribution in [2.75, 3.05) is 0 Å². The Morgan fingerprint density at radius 3 is 1.74 bits per heavy atom. The second-order valence-electron chi connectivity index (χ2n) is 5.47. The van der Waals surface area contributed by atoms with E-state index < -0.39 is 6.23 Å². The molecule has 0 heterocycles. The quantitative estimate of drug-likeness (QED) is 0.304.